The lowest BCUT2D eigenvalue weighted by molar-refractivity contribution is -0.0111. The summed E-state index contributed by atoms with van der Waals surface area (Å²) >= 11 is 0. The molecule has 2 saturated carbocycles. The number of hydrogen-bond acceptors (Lipinski definition) is 7. The lowest BCUT2D eigenvalue weighted by Gasteiger charge is -2.51. The lowest BCUT2D eigenvalue weighted by Crippen LogP contribution is -2.54. The van der Waals surface area contributed by atoms with Crippen molar-refractivity contribution in [1.29, 1.82) is 0 Å². The Morgan fingerprint density at radius 2 is 1.67 bits per heavy atom. The number of hydrogen-bond donors (Lipinski definition) is 1. The lowest BCUT2D eigenvalue weighted by atomic mass is 9.63. The second-order valence-corrected chi connectivity index (χ2v) is 15.7. The van der Waals surface area contributed by atoms with E-state index in [-0.39, 0.29) is 40.7 Å². The van der Waals surface area contributed by atoms with Gasteiger partial charge in [0.05, 0.1) is 17.1 Å². The van der Waals surface area contributed by atoms with Gasteiger partial charge >= 0.3 is 0 Å². The van der Waals surface area contributed by atoms with Crippen LogP contribution >= 0.6 is 0 Å². The smallest absolute Gasteiger partial charge is 0.264 e. The van der Waals surface area contributed by atoms with E-state index in [0.29, 0.717) is 35.8 Å². The molecule has 1 N–H and O–H groups in total. The van der Waals surface area contributed by atoms with Gasteiger partial charge in [0, 0.05) is 42.4 Å². The first-order valence-electron chi connectivity index (χ1n) is 16.3. The van der Waals surface area contributed by atoms with Gasteiger partial charge in [-0.05, 0) is 80.2 Å². The summed E-state index contributed by atoms with van der Waals surface area (Å²) in [5, 5.41) is 0. The van der Waals surface area contributed by atoms with Crippen molar-refractivity contribution in [2.45, 2.75) is 89.3 Å². The highest BCUT2D eigenvalue weighted by molar-refractivity contribution is 7.92. The van der Waals surface area contributed by atoms with Crippen LogP contribution in [-0.2, 0) is 10.0 Å². The van der Waals surface area contributed by atoms with Gasteiger partial charge in [-0.2, -0.15) is 4.98 Å². The molecule has 9 nitrogen and oxygen atoms in total. The van der Waals surface area contributed by atoms with E-state index >= 15 is 0 Å². The van der Waals surface area contributed by atoms with Gasteiger partial charge in [0.1, 0.15) is 6.10 Å². The molecule has 1 aromatic heterocycles. The zero-order valence-electron chi connectivity index (χ0n) is 26.6. The molecule has 6 bridgehead atoms. The molecule has 0 radical (unpaired) electrons. The van der Waals surface area contributed by atoms with Gasteiger partial charge in [-0.25, -0.2) is 18.1 Å². The van der Waals surface area contributed by atoms with Crippen LogP contribution in [0.3, 0.4) is 0 Å². The van der Waals surface area contributed by atoms with Crippen LogP contribution in [0.2, 0.25) is 0 Å². The van der Waals surface area contributed by atoms with Gasteiger partial charge in [-0.3, -0.25) is 9.69 Å². The Morgan fingerprint density at radius 3 is 2.38 bits per heavy atom. The number of aromatic nitrogens is 2. The Morgan fingerprint density at radius 1 is 0.956 bits per heavy atom. The molecule has 10 heteroatoms. The number of aryl methyl sites for hydroxylation is 2. The fourth-order valence-corrected chi connectivity index (χ4v) is 9.17. The van der Waals surface area contributed by atoms with Crippen LogP contribution < -0.4 is 9.46 Å². The zero-order chi connectivity index (χ0) is 31.5. The molecule has 2 aliphatic heterocycles. The molecular weight excluding hydrogens is 586 g/mol. The fraction of sp³-hybridized carbons (Fsp3) is 0.514. The maximum atomic E-state index is 14.3. The van der Waals surface area contributed by atoms with Crippen molar-refractivity contribution in [3.8, 4) is 17.1 Å². The third-order valence-electron chi connectivity index (χ3n) is 10.6. The molecule has 0 unspecified atom stereocenters. The highest BCUT2D eigenvalue weighted by atomic mass is 32.2. The van der Waals surface area contributed by atoms with Crippen LogP contribution in [-0.4, -0.2) is 71.9 Å². The predicted octanol–water partition coefficient (Wildman–Crippen LogP) is 5.83. The average Bonchev–Trinajstić information content (AvgIpc) is 3.39. The van der Waals surface area contributed by atoms with Crippen molar-refractivity contribution in [3.63, 3.8) is 0 Å². The highest BCUT2D eigenvalue weighted by Crippen LogP contribution is 2.55. The number of carbonyl (C=O) groups excluding carboxylic acids is 1. The summed E-state index contributed by atoms with van der Waals surface area (Å²) in [6.45, 7) is 10.1. The zero-order valence-corrected chi connectivity index (χ0v) is 27.4. The third kappa shape index (κ3) is 5.71. The number of nitrogens with one attached hydrogen (secondary N) is 1. The number of anilines is 1. The van der Waals surface area contributed by atoms with Crippen LogP contribution in [0.5, 0.6) is 5.88 Å². The molecule has 3 aromatic rings. The summed E-state index contributed by atoms with van der Waals surface area (Å²) in [7, 11) is -4.10. The second-order valence-electron chi connectivity index (χ2n) is 14.0. The molecule has 3 heterocycles. The molecule has 3 fully saturated rings. The van der Waals surface area contributed by atoms with Crippen LogP contribution in [0.25, 0.3) is 11.3 Å². The first-order chi connectivity index (χ1) is 21.5. The molecule has 4 aliphatic rings. The maximum Gasteiger partial charge on any atom is 0.264 e. The molecular formula is C35H43N5O4S. The number of carbonyl (C=O) groups is 1. The minimum absolute atomic E-state index is 0.0124. The highest BCUT2D eigenvalue weighted by Gasteiger charge is 2.49. The molecule has 1 saturated heterocycles. The normalized spacial score (nSPS) is 24.6. The van der Waals surface area contributed by atoms with Gasteiger partial charge < -0.3 is 9.64 Å². The summed E-state index contributed by atoms with van der Waals surface area (Å²) in [6, 6.07) is 14.5. The summed E-state index contributed by atoms with van der Waals surface area (Å²) in [4.78, 5) is 28.0. The minimum atomic E-state index is -4.10. The molecule has 238 valence electrons. The second kappa shape index (κ2) is 11.4. The minimum Gasteiger partial charge on any atom is -0.471 e. The van der Waals surface area contributed by atoms with Gasteiger partial charge in [-0.1, -0.05) is 51.0 Å². The van der Waals surface area contributed by atoms with Gasteiger partial charge in [-0.15, -0.1) is 0 Å². The van der Waals surface area contributed by atoms with E-state index in [1.165, 1.54) is 50.7 Å². The predicted molar refractivity (Wildman–Crippen MR) is 174 cm³/mol. The van der Waals surface area contributed by atoms with Crippen molar-refractivity contribution < 1.29 is 17.9 Å². The quantitative estimate of drug-likeness (QED) is 0.389. The van der Waals surface area contributed by atoms with Gasteiger partial charge in [0.15, 0.2) is 0 Å². The SMILES string of the molecule is Cc1cccc(C)c1-c1cc2nc(n1)NS(=O)(=O)c1cccc(c1)C(=O)N1C[C@@H](CN(C3CC4(CCCC4)C3)C[C@@H]1C(C)C)O2. The largest absolute Gasteiger partial charge is 0.471 e. The molecule has 7 rings (SSSR count). The Balaban J connectivity index is 1.34. The van der Waals surface area contributed by atoms with E-state index in [4.69, 9.17) is 4.74 Å². The van der Waals surface area contributed by atoms with E-state index in [1.54, 1.807) is 18.2 Å². The molecule has 45 heavy (non-hydrogen) atoms. The Hall–Kier alpha value is -3.50. The monoisotopic (exact) mass is 629 g/mol. The van der Waals surface area contributed by atoms with Crippen molar-refractivity contribution in [2.24, 2.45) is 11.3 Å². The third-order valence-corrected chi connectivity index (χ3v) is 11.9. The Bertz CT molecular complexity index is 1710. The molecule has 2 aromatic carbocycles. The molecule has 2 aliphatic carbocycles. The molecule has 1 spiro atoms. The first-order valence-corrected chi connectivity index (χ1v) is 17.8. The standard InChI is InChI=1S/C35H43N5O4S/c1-22(2)30-21-39(26-17-35(18-26)13-5-6-14-35)19-27-20-40(30)33(41)25-11-8-12-28(15-25)45(42,43)38-34-36-29(16-31(37-34)44-27)32-23(3)9-7-10-24(32)4/h7-12,15-16,22,26-27,30H,5-6,13-14,17-21H2,1-4H3,(H,36,37,38)/t27-,30-/m1/s1. The van der Waals surface area contributed by atoms with Crippen molar-refractivity contribution in [1.82, 2.24) is 19.8 Å². The van der Waals surface area contributed by atoms with E-state index in [2.05, 4.69) is 33.4 Å². The van der Waals surface area contributed by atoms with E-state index in [9.17, 15) is 13.2 Å². The van der Waals surface area contributed by atoms with Crippen molar-refractivity contribution >= 4 is 21.9 Å². The summed E-state index contributed by atoms with van der Waals surface area (Å²) in [6.07, 6.45) is 7.35. The van der Waals surface area contributed by atoms with Crippen LogP contribution in [0.15, 0.2) is 53.4 Å². The Labute approximate surface area is 266 Å². The van der Waals surface area contributed by atoms with Crippen molar-refractivity contribution in [2.75, 3.05) is 24.4 Å². The van der Waals surface area contributed by atoms with Crippen LogP contribution in [0.4, 0.5) is 5.95 Å². The fourth-order valence-electron chi connectivity index (χ4n) is 8.19. The first kappa shape index (κ1) is 30.2. The van der Waals surface area contributed by atoms with Crippen LogP contribution in [0, 0.1) is 25.2 Å². The number of benzene rings is 2. The number of sulfonamides is 1. The number of nitrogens with zero attached hydrogens (tertiary/aromatic N) is 4. The summed E-state index contributed by atoms with van der Waals surface area (Å²) < 4.78 is 36.5. The average molecular weight is 630 g/mol. The molecule has 2 atom stereocenters. The summed E-state index contributed by atoms with van der Waals surface area (Å²) in [5.74, 6) is 0.231. The van der Waals surface area contributed by atoms with E-state index < -0.39 is 10.0 Å². The van der Waals surface area contributed by atoms with Gasteiger partial charge in [0.25, 0.3) is 15.9 Å². The number of rotatable bonds is 3. The number of fused-ring (bicyclic) bond motifs is 6. The maximum absolute atomic E-state index is 14.3. The van der Waals surface area contributed by atoms with E-state index in [0.717, 1.165) is 23.2 Å². The number of amides is 1. The van der Waals surface area contributed by atoms with Crippen LogP contribution in [0.1, 0.15) is 73.9 Å². The summed E-state index contributed by atoms with van der Waals surface area (Å²) in [5.41, 5.74) is 4.35. The number of ether oxygens (including phenoxy) is 1. The topological polar surface area (TPSA) is 105 Å². The van der Waals surface area contributed by atoms with Crippen molar-refractivity contribution in [3.05, 3.63) is 65.2 Å². The van der Waals surface area contributed by atoms with E-state index in [1.807, 2.05) is 36.9 Å². The Kier molecular flexibility index (Phi) is 7.63. The molecule has 1 amide bonds. The van der Waals surface area contributed by atoms with Gasteiger partial charge in [0.2, 0.25) is 11.8 Å².